The maximum atomic E-state index is 6.00. The van der Waals surface area contributed by atoms with Crippen LogP contribution >= 0.6 is 0 Å². The number of likely N-dealkylation sites (N-methyl/N-ethyl adjacent to an activating group) is 1. The molecule has 0 spiro atoms. The lowest BCUT2D eigenvalue weighted by atomic mass is 9.75. The second kappa shape index (κ2) is 8.16. The van der Waals surface area contributed by atoms with Crippen LogP contribution in [0.1, 0.15) is 59.8 Å². The van der Waals surface area contributed by atoms with Crippen molar-refractivity contribution in [2.24, 2.45) is 17.8 Å². The third-order valence-electron chi connectivity index (χ3n) is 4.68. The molecule has 2 heteroatoms. The van der Waals surface area contributed by atoms with E-state index in [9.17, 15) is 0 Å². The van der Waals surface area contributed by atoms with Gasteiger partial charge in [-0.25, -0.2) is 0 Å². The summed E-state index contributed by atoms with van der Waals surface area (Å²) in [4.78, 5) is 0. The fourth-order valence-electron chi connectivity index (χ4n) is 3.53. The van der Waals surface area contributed by atoms with Crippen LogP contribution in [0.15, 0.2) is 0 Å². The normalized spacial score (nSPS) is 28.3. The van der Waals surface area contributed by atoms with Gasteiger partial charge in [-0.2, -0.15) is 0 Å². The molecule has 2 unspecified atom stereocenters. The zero-order valence-corrected chi connectivity index (χ0v) is 13.0. The molecule has 0 aromatic carbocycles. The number of hydrogen-bond acceptors (Lipinski definition) is 2. The van der Waals surface area contributed by atoms with E-state index in [2.05, 4.69) is 40.1 Å². The highest BCUT2D eigenvalue weighted by Gasteiger charge is 2.33. The summed E-state index contributed by atoms with van der Waals surface area (Å²) < 4.78 is 6.00. The summed E-state index contributed by atoms with van der Waals surface area (Å²) >= 11 is 0. The van der Waals surface area contributed by atoms with Crippen LogP contribution in [0.4, 0.5) is 0 Å². The summed E-state index contributed by atoms with van der Waals surface area (Å²) in [7, 11) is 2.10. The van der Waals surface area contributed by atoms with Crippen molar-refractivity contribution in [3.8, 4) is 0 Å². The molecule has 0 heterocycles. The minimum Gasteiger partial charge on any atom is -0.377 e. The van der Waals surface area contributed by atoms with Gasteiger partial charge in [0, 0.05) is 12.6 Å². The Bertz CT molecular complexity index is 209. The minimum atomic E-state index is 0.364. The Labute approximate surface area is 114 Å². The molecule has 2 atom stereocenters. The van der Waals surface area contributed by atoms with Gasteiger partial charge in [0.15, 0.2) is 0 Å². The van der Waals surface area contributed by atoms with E-state index in [1.807, 2.05) is 0 Å². The molecule has 0 aliphatic heterocycles. The van der Waals surface area contributed by atoms with Gasteiger partial charge in [-0.05, 0) is 44.6 Å². The quantitative estimate of drug-likeness (QED) is 0.746. The lowest BCUT2D eigenvalue weighted by molar-refractivity contribution is -0.0167. The van der Waals surface area contributed by atoms with Crippen molar-refractivity contribution in [1.29, 1.82) is 0 Å². The van der Waals surface area contributed by atoms with E-state index in [0.717, 1.165) is 18.4 Å². The summed E-state index contributed by atoms with van der Waals surface area (Å²) in [6.45, 7) is 9.82. The zero-order chi connectivity index (χ0) is 13.5. The highest BCUT2D eigenvalue weighted by molar-refractivity contribution is 4.87. The van der Waals surface area contributed by atoms with Crippen LogP contribution < -0.4 is 5.32 Å². The average molecular weight is 255 g/mol. The summed E-state index contributed by atoms with van der Waals surface area (Å²) in [6, 6.07) is 0.530. The fraction of sp³-hybridized carbons (Fsp3) is 1.00. The molecular formula is C16H33NO. The highest BCUT2D eigenvalue weighted by Crippen LogP contribution is 2.34. The zero-order valence-electron chi connectivity index (χ0n) is 13.0. The Morgan fingerprint density at radius 3 is 2.11 bits per heavy atom. The minimum absolute atomic E-state index is 0.364. The van der Waals surface area contributed by atoms with Crippen LogP contribution in [0, 0.1) is 17.8 Å². The van der Waals surface area contributed by atoms with E-state index in [0.29, 0.717) is 18.1 Å². The molecule has 0 aromatic rings. The summed E-state index contributed by atoms with van der Waals surface area (Å²) in [5.74, 6) is 2.37. The summed E-state index contributed by atoms with van der Waals surface area (Å²) in [6.07, 6.45) is 7.30. The molecule has 1 saturated carbocycles. The summed E-state index contributed by atoms with van der Waals surface area (Å²) in [5, 5.41) is 3.55. The Morgan fingerprint density at radius 2 is 1.72 bits per heavy atom. The van der Waals surface area contributed by atoms with Crippen molar-refractivity contribution in [2.75, 3.05) is 13.7 Å². The van der Waals surface area contributed by atoms with Gasteiger partial charge < -0.3 is 10.1 Å². The van der Waals surface area contributed by atoms with Crippen LogP contribution in [-0.2, 0) is 4.74 Å². The second-order valence-corrected chi connectivity index (χ2v) is 6.17. The fourth-order valence-corrected chi connectivity index (χ4v) is 3.53. The topological polar surface area (TPSA) is 21.3 Å². The van der Waals surface area contributed by atoms with Gasteiger partial charge in [-0.3, -0.25) is 0 Å². The van der Waals surface area contributed by atoms with Crippen molar-refractivity contribution >= 4 is 0 Å². The third-order valence-corrected chi connectivity index (χ3v) is 4.68. The molecule has 2 nitrogen and oxygen atoms in total. The van der Waals surface area contributed by atoms with Crippen molar-refractivity contribution in [3.63, 3.8) is 0 Å². The Hall–Kier alpha value is -0.0800. The van der Waals surface area contributed by atoms with Gasteiger partial charge in [0.25, 0.3) is 0 Å². The first-order valence-corrected chi connectivity index (χ1v) is 7.92. The van der Waals surface area contributed by atoms with Crippen LogP contribution in [-0.4, -0.2) is 25.8 Å². The van der Waals surface area contributed by atoms with Crippen molar-refractivity contribution in [2.45, 2.75) is 71.9 Å². The lowest BCUT2D eigenvalue weighted by Gasteiger charge is -2.39. The predicted molar refractivity (Wildman–Crippen MR) is 78.8 cm³/mol. The van der Waals surface area contributed by atoms with Crippen molar-refractivity contribution in [1.82, 2.24) is 5.32 Å². The van der Waals surface area contributed by atoms with E-state index >= 15 is 0 Å². The number of rotatable bonds is 7. The van der Waals surface area contributed by atoms with Gasteiger partial charge >= 0.3 is 0 Å². The molecule has 1 rings (SSSR count). The van der Waals surface area contributed by atoms with Crippen LogP contribution in [0.25, 0.3) is 0 Å². The van der Waals surface area contributed by atoms with E-state index in [4.69, 9.17) is 4.74 Å². The third kappa shape index (κ3) is 4.24. The number of nitrogens with one attached hydrogen (secondary N) is 1. The Morgan fingerprint density at radius 1 is 1.11 bits per heavy atom. The first-order chi connectivity index (χ1) is 8.63. The van der Waals surface area contributed by atoms with Crippen LogP contribution in [0.2, 0.25) is 0 Å². The van der Waals surface area contributed by atoms with Crippen molar-refractivity contribution < 1.29 is 4.74 Å². The molecule has 108 valence electrons. The Kier molecular flexibility index (Phi) is 7.25. The second-order valence-electron chi connectivity index (χ2n) is 6.17. The molecule has 18 heavy (non-hydrogen) atoms. The van der Waals surface area contributed by atoms with Crippen LogP contribution in [0.5, 0.6) is 0 Å². The van der Waals surface area contributed by atoms with Gasteiger partial charge in [0.2, 0.25) is 0 Å². The smallest absolute Gasteiger partial charge is 0.0753 e. The highest BCUT2D eigenvalue weighted by atomic mass is 16.5. The van der Waals surface area contributed by atoms with E-state index in [-0.39, 0.29) is 0 Å². The number of ether oxygens (including phenoxy) is 1. The lowest BCUT2D eigenvalue weighted by Crippen LogP contribution is -2.48. The first kappa shape index (κ1) is 16.0. The van der Waals surface area contributed by atoms with E-state index in [1.54, 1.807) is 0 Å². The standard InChI is InChI=1S/C16H33NO/c1-6-13-8-10-14(11-9-13)15(17-5)16(12(3)4)18-7-2/h12-17H,6-11H2,1-5H3. The predicted octanol–water partition coefficient (Wildman–Crippen LogP) is 3.85. The monoisotopic (exact) mass is 255 g/mol. The van der Waals surface area contributed by atoms with Gasteiger partial charge in [-0.1, -0.05) is 40.0 Å². The molecule has 1 N–H and O–H groups in total. The summed E-state index contributed by atoms with van der Waals surface area (Å²) in [5.41, 5.74) is 0. The van der Waals surface area contributed by atoms with E-state index in [1.165, 1.54) is 32.1 Å². The molecule has 0 radical (unpaired) electrons. The maximum absolute atomic E-state index is 6.00. The largest absolute Gasteiger partial charge is 0.377 e. The molecule has 0 amide bonds. The molecule has 0 saturated heterocycles. The SMILES string of the molecule is CCOC(C(C)C)C(NC)C1CCC(CC)CC1. The molecule has 1 aliphatic rings. The number of hydrogen-bond donors (Lipinski definition) is 1. The molecule has 1 fully saturated rings. The van der Waals surface area contributed by atoms with Gasteiger partial charge in [-0.15, -0.1) is 0 Å². The average Bonchev–Trinajstić information content (AvgIpc) is 2.39. The Balaban J connectivity index is 2.58. The molecule has 0 bridgehead atoms. The molecule has 0 aromatic heterocycles. The first-order valence-electron chi connectivity index (χ1n) is 7.92. The maximum Gasteiger partial charge on any atom is 0.0753 e. The van der Waals surface area contributed by atoms with Gasteiger partial charge in [0.1, 0.15) is 0 Å². The molecule has 1 aliphatic carbocycles. The van der Waals surface area contributed by atoms with E-state index < -0.39 is 0 Å². The van der Waals surface area contributed by atoms with Crippen molar-refractivity contribution in [3.05, 3.63) is 0 Å². The van der Waals surface area contributed by atoms with Crippen LogP contribution in [0.3, 0.4) is 0 Å². The molecular weight excluding hydrogens is 222 g/mol. The van der Waals surface area contributed by atoms with Gasteiger partial charge in [0.05, 0.1) is 6.10 Å².